The molecular weight excluding hydrogens is 164 g/mol. The molecule has 74 valence electrons. The van der Waals surface area contributed by atoms with Crippen LogP contribution in [-0.2, 0) is 13.5 Å². The molecule has 0 aliphatic carbocycles. The molecule has 1 aromatic rings. The van der Waals surface area contributed by atoms with E-state index >= 15 is 0 Å². The number of hydrogen-bond acceptors (Lipinski definition) is 3. The first kappa shape index (κ1) is 10.2. The van der Waals surface area contributed by atoms with E-state index in [0.717, 1.165) is 18.7 Å². The molecule has 0 fully saturated rings. The van der Waals surface area contributed by atoms with Gasteiger partial charge in [-0.25, -0.2) is 4.98 Å². The van der Waals surface area contributed by atoms with E-state index in [4.69, 9.17) is 5.73 Å². The minimum atomic E-state index is 0.188. The fourth-order valence-corrected chi connectivity index (χ4v) is 1.22. The van der Waals surface area contributed by atoms with Crippen molar-refractivity contribution in [2.45, 2.75) is 32.7 Å². The maximum Gasteiger partial charge on any atom is 0.138 e. The van der Waals surface area contributed by atoms with E-state index in [1.807, 2.05) is 7.05 Å². The van der Waals surface area contributed by atoms with Crippen LogP contribution in [0.5, 0.6) is 0 Å². The summed E-state index contributed by atoms with van der Waals surface area (Å²) in [6.45, 7) is 4.32. The van der Waals surface area contributed by atoms with Gasteiger partial charge in [0, 0.05) is 19.5 Å². The smallest absolute Gasteiger partial charge is 0.138 e. The molecule has 1 rings (SSSR count). The average molecular weight is 182 g/mol. The lowest BCUT2D eigenvalue weighted by Gasteiger charge is -2.17. The van der Waals surface area contributed by atoms with E-state index < -0.39 is 0 Å². The van der Waals surface area contributed by atoms with Crippen molar-refractivity contribution in [3.8, 4) is 0 Å². The van der Waals surface area contributed by atoms with Gasteiger partial charge in [-0.3, -0.25) is 4.68 Å². The van der Waals surface area contributed by atoms with Crippen LogP contribution in [0.4, 0.5) is 0 Å². The highest BCUT2D eigenvalue weighted by Crippen LogP contribution is 2.09. The third kappa shape index (κ3) is 2.52. The van der Waals surface area contributed by atoms with Crippen molar-refractivity contribution in [3.05, 3.63) is 12.2 Å². The lowest BCUT2D eigenvalue weighted by molar-refractivity contribution is 0.428. The normalized spacial score (nSPS) is 15.7. The summed E-state index contributed by atoms with van der Waals surface area (Å²) in [5, 5.41) is 4.00. The summed E-state index contributed by atoms with van der Waals surface area (Å²) in [4.78, 5) is 4.14. The Kier molecular flexibility index (Phi) is 3.42. The van der Waals surface area contributed by atoms with Crippen LogP contribution in [0, 0.1) is 5.92 Å². The summed E-state index contributed by atoms with van der Waals surface area (Å²) in [6, 6.07) is 0.188. The lowest BCUT2D eigenvalue weighted by atomic mass is 9.97. The zero-order chi connectivity index (χ0) is 9.84. The van der Waals surface area contributed by atoms with Crippen molar-refractivity contribution in [1.82, 2.24) is 14.8 Å². The van der Waals surface area contributed by atoms with Gasteiger partial charge in [-0.05, 0) is 5.92 Å². The highest BCUT2D eigenvalue weighted by Gasteiger charge is 2.13. The van der Waals surface area contributed by atoms with Crippen LogP contribution in [0.3, 0.4) is 0 Å². The monoisotopic (exact) mass is 182 g/mol. The third-order valence-corrected chi connectivity index (χ3v) is 2.60. The molecule has 0 radical (unpaired) electrons. The Bertz CT molecular complexity index is 256. The molecule has 0 aliphatic heterocycles. The van der Waals surface area contributed by atoms with Gasteiger partial charge in [0.15, 0.2) is 0 Å². The van der Waals surface area contributed by atoms with E-state index in [9.17, 15) is 0 Å². The predicted molar refractivity (Wildman–Crippen MR) is 52.1 cm³/mol. The van der Waals surface area contributed by atoms with Crippen LogP contribution >= 0.6 is 0 Å². The largest absolute Gasteiger partial charge is 0.327 e. The van der Waals surface area contributed by atoms with Crippen LogP contribution in [-0.4, -0.2) is 20.8 Å². The first-order valence-electron chi connectivity index (χ1n) is 4.73. The van der Waals surface area contributed by atoms with E-state index in [2.05, 4.69) is 23.9 Å². The van der Waals surface area contributed by atoms with Gasteiger partial charge in [-0.2, -0.15) is 5.10 Å². The lowest BCUT2D eigenvalue weighted by Crippen LogP contribution is -2.31. The summed E-state index contributed by atoms with van der Waals surface area (Å²) in [6.07, 6.45) is 3.49. The molecule has 4 heteroatoms. The van der Waals surface area contributed by atoms with Crippen LogP contribution in [0.1, 0.15) is 26.1 Å². The summed E-state index contributed by atoms with van der Waals surface area (Å²) >= 11 is 0. The van der Waals surface area contributed by atoms with Crippen LogP contribution < -0.4 is 5.73 Å². The number of hydrogen-bond donors (Lipinski definition) is 1. The molecule has 0 aliphatic rings. The maximum absolute atomic E-state index is 6.01. The maximum atomic E-state index is 6.01. The summed E-state index contributed by atoms with van der Waals surface area (Å²) in [5.41, 5.74) is 6.01. The quantitative estimate of drug-likeness (QED) is 0.747. The molecule has 1 heterocycles. The molecule has 13 heavy (non-hydrogen) atoms. The van der Waals surface area contributed by atoms with Gasteiger partial charge in [0.25, 0.3) is 0 Å². The summed E-state index contributed by atoms with van der Waals surface area (Å²) in [7, 11) is 1.89. The van der Waals surface area contributed by atoms with Gasteiger partial charge < -0.3 is 5.73 Å². The van der Waals surface area contributed by atoms with Gasteiger partial charge in [-0.1, -0.05) is 20.3 Å². The van der Waals surface area contributed by atoms with Gasteiger partial charge in [-0.15, -0.1) is 0 Å². The molecule has 0 saturated carbocycles. The Hall–Kier alpha value is -0.900. The van der Waals surface area contributed by atoms with Gasteiger partial charge in [0.2, 0.25) is 0 Å². The molecule has 1 aromatic heterocycles. The Morgan fingerprint density at radius 1 is 1.62 bits per heavy atom. The number of rotatable bonds is 4. The molecule has 4 nitrogen and oxygen atoms in total. The first-order valence-corrected chi connectivity index (χ1v) is 4.73. The second-order valence-electron chi connectivity index (χ2n) is 3.55. The third-order valence-electron chi connectivity index (χ3n) is 2.60. The summed E-state index contributed by atoms with van der Waals surface area (Å²) in [5.74, 6) is 1.50. The van der Waals surface area contributed by atoms with Crippen LogP contribution in [0.25, 0.3) is 0 Å². The molecule has 0 bridgehead atoms. The molecule has 2 atom stereocenters. The second-order valence-corrected chi connectivity index (χ2v) is 3.55. The SMILES string of the molecule is CCC(C)C(N)Cc1ncnn1C. The second kappa shape index (κ2) is 4.37. The zero-order valence-electron chi connectivity index (χ0n) is 8.57. The minimum Gasteiger partial charge on any atom is -0.327 e. The molecule has 2 unspecified atom stereocenters. The number of aromatic nitrogens is 3. The minimum absolute atomic E-state index is 0.188. The molecule has 0 aromatic carbocycles. The van der Waals surface area contributed by atoms with Crippen molar-refractivity contribution >= 4 is 0 Å². The molecule has 0 saturated heterocycles. The number of nitrogens with zero attached hydrogens (tertiary/aromatic N) is 3. The van der Waals surface area contributed by atoms with Crippen molar-refractivity contribution in [2.75, 3.05) is 0 Å². The Labute approximate surface area is 79.2 Å². The fraction of sp³-hybridized carbons (Fsp3) is 0.778. The van der Waals surface area contributed by atoms with Gasteiger partial charge in [0.1, 0.15) is 12.2 Å². The van der Waals surface area contributed by atoms with Crippen molar-refractivity contribution in [2.24, 2.45) is 18.7 Å². The standard InChI is InChI=1S/C9H18N4/c1-4-7(2)8(10)5-9-11-6-12-13(9)3/h6-8H,4-5,10H2,1-3H3. The average Bonchev–Trinajstić information content (AvgIpc) is 2.50. The Morgan fingerprint density at radius 2 is 2.31 bits per heavy atom. The van der Waals surface area contributed by atoms with Gasteiger partial charge in [0.05, 0.1) is 0 Å². The summed E-state index contributed by atoms with van der Waals surface area (Å²) < 4.78 is 1.78. The zero-order valence-corrected chi connectivity index (χ0v) is 8.57. The topological polar surface area (TPSA) is 56.7 Å². The van der Waals surface area contributed by atoms with E-state index in [1.165, 1.54) is 0 Å². The predicted octanol–water partition coefficient (Wildman–Crippen LogP) is 0.731. The van der Waals surface area contributed by atoms with Crippen molar-refractivity contribution in [1.29, 1.82) is 0 Å². The van der Waals surface area contributed by atoms with E-state index in [1.54, 1.807) is 11.0 Å². The molecule has 0 spiro atoms. The van der Waals surface area contributed by atoms with E-state index in [0.29, 0.717) is 5.92 Å². The van der Waals surface area contributed by atoms with Gasteiger partial charge >= 0.3 is 0 Å². The highest BCUT2D eigenvalue weighted by atomic mass is 15.3. The first-order chi connectivity index (χ1) is 6.15. The van der Waals surface area contributed by atoms with Crippen LogP contribution in [0.15, 0.2) is 6.33 Å². The molecule has 0 amide bonds. The molecular formula is C9H18N4. The number of aryl methyl sites for hydroxylation is 1. The van der Waals surface area contributed by atoms with E-state index in [-0.39, 0.29) is 6.04 Å². The van der Waals surface area contributed by atoms with Crippen molar-refractivity contribution in [3.63, 3.8) is 0 Å². The fourth-order valence-electron chi connectivity index (χ4n) is 1.22. The Balaban J connectivity index is 2.54. The number of nitrogens with two attached hydrogens (primary N) is 1. The molecule has 2 N–H and O–H groups in total. The highest BCUT2D eigenvalue weighted by molar-refractivity contribution is 4.89. The van der Waals surface area contributed by atoms with Crippen molar-refractivity contribution < 1.29 is 0 Å². The van der Waals surface area contributed by atoms with Crippen LogP contribution in [0.2, 0.25) is 0 Å². The Morgan fingerprint density at radius 3 is 2.77 bits per heavy atom.